The van der Waals surface area contributed by atoms with Crippen molar-refractivity contribution in [1.29, 1.82) is 0 Å². The number of aromatic nitrogens is 4. The van der Waals surface area contributed by atoms with Gasteiger partial charge in [0.05, 0.1) is 24.2 Å². The molecule has 0 saturated carbocycles. The van der Waals surface area contributed by atoms with Crippen molar-refractivity contribution in [2.24, 2.45) is 0 Å². The number of likely N-dealkylation sites (N-methyl/N-ethyl adjacent to an activating group) is 1. The molecule has 0 radical (unpaired) electrons. The fourth-order valence-corrected chi connectivity index (χ4v) is 5.14. The molecule has 3 aromatic heterocycles. The lowest BCUT2D eigenvalue weighted by molar-refractivity contribution is 0.145. The molecule has 1 saturated heterocycles. The molecular formula is C31H33FN6O3. The average molecular weight is 557 g/mol. The number of hydrogen-bond acceptors (Lipinski definition) is 7. The van der Waals surface area contributed by atoms with Crippen molar-refractivity contribution in [1.82, 2.24) is 29.1 Å². The standard InChI is InChI=1S/C31H33FN6O3/c1-35-14-16-36(17-15-35)12-2-19-40-25-5-6-26-27(22-25)33-11-9-29(26)41-20-18-38-31(39)8-7-30(34-38)37-13-10-23-3-4-24(32)21-28(23)37/h3-11,13,21-22H,2,12,14-20H2,1H3. The van der Waals surface area contributed by atoms with Crippen molar-refractivity contribution in [2.45, 2.75) is 13.0 Å². The van der Waals surface area contributed by atoms with Crippen LogP contribution in [0.1, 0.15) is 6.42 Å². The van der Waals surface area contributed by atoms with Crippen LogP contribution in [0.2, 0.25) is 0 Å². The normalized spacial score (nSPS) is 14.6. The molecule has 9 nitrogen and oxygen atoms in total. The van der Waals surface area contributed by atoms with Crippen LogP contribution in [0.4, 0.5) is 4.39 Å². The van der Waals surface area contributed by atoms with Crippen LogP contribution >= 0.6 is 0 Å². The predicted molar refractivity (Wildman–Crippen MR) is 157 cm³/mol. The van der Waals surface area contributed by atoms with E-state index in [4.69, 9.17) is 9.47 Å². The molecule has 0 aliphatic carbocycles. The van der Waals surface area contributed by atoms with Gasteiger partial charge in [-0.2, -0.15) is 5.10 Å². The summed E-state index contributed by atoms with van der Waals surface area (Å²) in [7, 11) is 2.17. The molecule has 1 aliphatic heterocycles. The van der Waals surface area contributed by atoms with E-state index in [1.54, 1.807) is 22.9 Å². The summed E-state index contributed by atoms with van der Waals surface area (Å²) in [5.74, 6) is 1.65. The number of benzene rings is 2. The lowest BCUT2D eigenvalue weighted by Crippen LogP contribution is -2.44. The first-order valence-electron chi connectivity index (χ1n) is 13.9. The molecule has 6 rings (SSSR count). The quantitative estimate of drug-likeness (QED) is 0.241. The maximum atomic E-state index is 13.8. The molecule has 212 valence electrons. The van der Waals surface area contributed by atoms with Crippen LogP contribution in [-0.4, -0.2) is 82.1 Å². The van der Waals surface area contributed by atoms with Crippen LogP contribution in [0.3, 0.4) is 0 Å². The molecular weight excluding hydrogens is 523 g/mol. The van der Waals surface area contributed by atoms with E-state index in [0.717, 1.165) is 61.2 Å². The van der Waals surface area contributed by atoms with Gasteiger partial charge in [-0.25, -0.2) is 9.07 Å². The second-order valence-corrected chi connectivity index (χ2v) is 10.3. The van der Waals surface area contributed by atoms with Crippen LogP contribution < -0.4 is 15.0 Å². The van der Waals surface area contributed by atoms with E-state index in [2.05, 4.69) is 26.9 Å². The van der Waals surface area contributed by atoms with Gasteiger partial charge >= 0.3 is 0 Å². The SMILES string of the molecule is CN1CCN(CCCOc2ccc3c(OCCn4nc(-n5ccc6ccc(F)cc65)ccc4=O)ccnc3c2)CC1. The van der Waals surface area contributed by atoms with Crippen molar-refractivity contribution >= 4 is 21.8 Å². The molecule has 10 heteroatoms. The maximum Gasteiger partial charge on any atom is 0.266 e. The van der Waals surface area contributed by atoms with E-state index in [9.17, 15) is 9.18 Å². The van der Waals surface area contributed by atoms with Crippen molar-refractivity contribution in [2.75, 3.05) is 53.0 Å². The average Bonchev–Trinajstić information content (AvgIpc) is 3.40. The number of ether oxygens (including phenoxy) is 2. The fourth-order valence-electron chi connectivity index (χ4n) is 5.14. The van der Waals surface area contributed by atoms with Gasteiger partial charge in [0.25, 0.3) is 5.56 Å². The lowest BCUT2D eigenvalue weighted by Gasteiger charge is -2.32. The van der Waals surface area contributed by atoms with Crippen molar-refractivity contribution in [3.05, 3.63) is 89.2 Å². The Bertz CT molecular complexity index is 1710. The first-order chi connectivity index (χ1) is 20.0. The molecule has 1 fully saturated rings. The molecule has 0 atom stereocenters. The molecule has 41 heavy (non-hydrogen) atoms. The third-order valence-electron chi connectivity index (χ3n) is 7.47. The highest BCUT2D eigenvalue weighted by atomic mass is 19.1. The van der Waals surface area contributed by atoms with Gasteiger partial charge in [0.1, 0.15) is 23.9 Å². The Hall–Kier alpha value is -4.28. The van der Waals surface area contributed by atoms with E-state index in [1.165, 1.54) is 22.9 Å². The maximum absolute atomic E-state index is 13.8. The van der Waals surface area contributed by atoms with E-state index in [0.29, 0.717) is 23.7 Å². The topological polar surface area (TPSA) is 77.7 Å². The molecule has 5 aromatic rings. The number of nitrogens with zero attached hydrogens (tertiary/aromatic N) is 6. The highest BCUT2D eigenvalue weighted by Gasteiger charge is 2.13. The van der Waals surface area contributed by atoms with Gasteiger partial charge in [0, 0.05) is 68.0 Å². The summed E-state index contributed by atoms with van der Waals surface area (Å²) in [4.78, 5) is 21.8. The van der Waals surface area contributed by atoms with Crippen molar-refractivity contribution < 1.29 is 13.9 Å². The summed E-state index contributed by atoms with van der Waals surface area (Å²) in [5, 5.41) is 6.25. The zero-order valence-electron chi connectivity index (χ0n) is 23.1. The summed E-state index contributed by atoms with van der Waals surface area (Å²) in [6.07, 6.45) is 4.49. The zero-order chi connectivity index (χ0) is 28.2. The number of hydrogen-bond donors (Lipinski definition) is 0. The van der Waals surface area contributed by atoms with Gasteiger partial charge < -0.3 is 19.3 Å². The first kappa shape index (κ1) is 26.9. The third kappa shape index (κ3) is 6.23. The molecule has 4 heterocycles. The molecule has 0 N–H and O–H groups in total. The molecule has 0 unspecified atom stereocenters. The number of rotatable bonds is 10. The van der Waals surface area contributed by atoms with Crippen LogP contribution in [0.5, 0.6) is 11.5 Å². The van der Waals surface area contributed by atoms with E-state index >= 15 is 0 Å². The number of pyridine rings is 1. The van der Waals surface area contributed by atoms with Gasteiger partial charge in [-0.3, -0.25) is 14.3 Å². The minimum Gasteiger partial charge on any atom is -0.493 e. The molecule has 0 spiro atoms. The van der Waals surface area contributed by atoms with E-state index in [1.807, 2.05) is 36.5 Å². The Morgan fingerprint density at radius 1 is 0.902 bits per heavy atom. The number of piperazine rings is 1. The lowest BCUT2D eigenvalue weighted by atomic mass is 10.2. The Kier molecular flexibility index (Phi) is 7.93. The Morgan fingerprint density at radius 3 is 2.66 bits per heavy atom. The Labute approximate surface area is 237 Å². The highest BCUT2D eigenvalue weighted by molar-refractivity contribution is 5.86. The molecule has 0 amide bonds. The number of halogens is 1. The van der Waals surface area contributed by atoms with Crippen LogP contribution in [0.25, 0.3) is 27.6 Å². The largest absolute Gasteiger partial charge is 0.493 e. The monoisotopic (exact) mass is 556 g/mol. The summed E-state index contributed by atoms with van der Waals surface area (Å²) < 4.78 is 29.0. The van der Waals surface area contributed by atoms with Gasteiger partial charge in [0.2, 0.25) is 0 Å². The minimum absolute atomic E-state index is 0.237. The Morgan fingerprint density at radius 2 is 1.78 bits per heavy atom. The molecule has 2 aromatic carbocycles. The first-order valence-corrected chi connectivity index (χ1v) is 13.9. The summed E-state index contributed by atoms with van der Waals surface area (Å²) >= 11 is 0. The highest BCUT2D eigenvalue weighted by Crippen LogP contribution is 2.27. The minimum atomic E-state index is -0.330. The second-order valence-electron chi connectivity index (χ2n) is 10.3. The summed E-state index contributed by atoms with van der Waals surface area (Å²) in [5.41, 5.74) is 1.22. The van der Waals surface area contributed by atoms with Gasteiger partial charge in [-0.05, 0) is 62.0 Å². The predicted octanol–water partition coefficient (Wildman–Crippen LogP) is 3.97. The smallest absolute Gasteiger partial charge is 0.266 e. The van der Waals surface area contributed by atoms with Crippen LogP contribution in [-0.2, 0) is 6.54 Å². The fraction of sp³-hybridized carbons (Fsp3) is 0.323. The van der Waals surface area contributed by atoms with Crippen molar-refractivity contribution in [3.8, 4) is 17.3 Å². The van der Waals surface area contributed by atoms with Gasteiger partial charge in [-0.15, -0.1) is 0 Å². The summed E-state index contributed by atoms with van der Waals surface area (Å²) in [6, 6.07) is 17.2. The summed E-state index contributed by atoms with van der Waals surface area (Å²) in [6.45, 7) is 6.65. The van der Waals surface area contributed by atoms with Crippen LogP contribution in [0, 0.1) is 5.82 Å². The second kappa shape index (κ2) is 12.1. The van der Waals surface area contributed by atoms with Gasteiger partial charge in [0.15, 0.2) is 5.82 Å². The van der Waals surface area contributed by atoms with Gasteiger partial charge in [-0.1, -0.05) is 0 Å². The van der Waals surface area contributed by atoms with E-state index < -0.39 is 0 Å². The number of fused-ring (bicyclic) bond motifs is 2. The Balaban J connectivity index is 1.07. The van der Waals surface area contributed by atoms with Crippen molar-refractivity contribution in [3.63, 3.8) is 0 Å². The molecule has 0 bridgehead atoms. The third-order valence-corrected chi connectivity index (χ3v) is 7.47. The van der Waals surface area contributed by atoms with E-state index in [-0.39, 0.29) is 24.5 Å². The van der Waals surface area contributed by atoms with Crippen LogP contribution in [0.15, 0.2) is 77.9 Å². The molecule has 1 aliphatic rings. The zero-order valence-corrected chi connectivity index (χ0v) is 23.1.